The second kappa shape index (κ2) is 6.29. The van der Waals surface area contributed by atoms with E-state index in [2.05, 4.69) is 26.3 Å². The number of hydrogen-bond donors (Lipinski definition) is 1. The fourth-order valence-corrected chi connectivity index (χ4v) is 3.48. The highest BCUT2D eigenvalue weighted by atomic mass is 16.5. The molecule has 8 heteroatoms. The van der Waals surface area contributed by atoms with Gasteiger partial charge in [-0.1, -0.05) is 17.3 Å². The second-order valence-electron chi connectivity index (χ2n) is 6.42. The normalized spacial score (nSPS) is 17.0. The first-order chi connectivity index (χ1) is 12.6. The van der Waals surface area contributed by atoms with E-state index in [0.29, 0.717) is 0 Å². The number of fused-ring (bicyclic) bond motifs is 1. The molecule has 1 unspecified atom stereocenters. The van der Waals surface area contributed by atoms with Gasteiger partial charge in [0.05, 0.1) is 19.3 Å². The standard InChI is InChI=1S/C18H19N5O3/c1-11-8-15(13-4-3-5-16(26-2)17(13)19-11)22-7-6-12(9-22)23-10-14(18(24)25)20-21-23/h3-5,8,10,12H,6-7,9H2,1-2H3,(H,24,25). The van der Waals surface area contributed by atoms with Crippen molar-refractivity contribution in [1.82, 2.24) is 20.0 Å². The lowest BCUT2D eigenvalue weighted by Gasteiger charge is -2.21. The summed E-state index contributed by atoms with van der Waals surface area (Å²) in [7, 11) is 1.65. The predicted octanol–water partition coefficient (Wildman–Crippen LogP) is 2.29. The van der Waals surface area contributed by atoms with Crippen LogP contribution in [-0.2, 0) is 0 Å². The number of pyridine rings is 1. The lowest BCUT2D eigenvalue weighted by Crippen LogP contribution is -2.21. The maximum atomic E-state index is 11.0. The third-order valence-electron chi connectivity index (χ3n) is 4.74. The molecule has 0 aliphatic carbocycles. The van der Waals surface area contributed by atoms with Crippen LogP contribution in [0.5, 0.6) is 5.75 Å². The highest BCUT2D eigenvalue weighted by Gasteiger charge is 2.27. The Bertz CT molecular complexity index is 984. The van der Waals surface area contributed by atoms with Crippen molar-refractivity contribution in [3.63, 3.8) is 0 Å². The van der Waals surface area contributed by atoms with E-state index in [9.17, 15) is 4.79 Å². The molecule has 0 spiro atoms. The van der Waals surface area contributed by atoms with Crippen LogP contribution in [0.2, 0.25) is 0 Å². The molecule has 2 aromatic heterocycles. The Hall–Kier alpha value is -3.16. The first kappa shape index (κ1) is 16.3. The van der Waals surface area contributed by atoms with Crippen LogP contribution >= 0.6 is 0 Å². The molecule has 134 valence electrons. The van der Waals surface area contributed by atoms with E-state index in [1.165, 1.54) is 6.20 Å². The topological polar surface area (TPSA) is 93.4 Å². The minimum atomic E-state index is -1.06. The van der Waals surface area contributed by atoms with Gasteiger partial charge in [-0.15, -0.1) is 5.10 Å². The number of hydrogen-bond acceptors (Lipinski definition) is 6. The molecular weight excluding hydrogens is 334 g/mol. The molecule has 0 amide bonds. The Morgan fingerprint density at radius 1 is 1.38 bits per heavy atom. The van der Waals surface area contributed by atoms with Crippen LogP contribution in [0.3, 0.4) is 0 Å². The van der Waals surface area contributed by atoms with Crippen LogP contribution < -0.4 is 9.64 Å². The Morgan fingerprint density at radius 2 is 2.23 bits per heavy atom. The Morgan fingerprint density at radius 3 is 2.96 bits per heavy atom. The molecule has 0 bridgehead atoms. The highest BCUT2D eigenvalue weighted by Crippen LogP contribution is 2.35. The van der Waals surface area contributed by atoms with Crippen molar-refractivity contribution < 1.29 is 14.6 Å². The molecule has 1 saturated heterocycles. The second-order valence-corrected chi connectivity index (χ2v) is 6.42. The molecule has 1 aliphatic rings. The predicted molar refractivity (Wildman–Crippen MR) is 95.9 cm³/mol. The van der Waals surface area contributed by atoms with Crippen LogP contribution in [0.25, 0.3) is 10.9 Å². The molecule has 3 aromatic rings. The minimum Gasteiger partial charge on any atom is -0.494 e. The summed E-state index contributed by atoms with van der Waals surface area (Å²) in [6.45, 7) is 3.56. The van der Waals surface area contributed by atoms with Gasteiger partial charge in [-0.2, -0.15) is 0 Å². The van der Waals surface area contributed by atoms with Crippen molar-refractivity contribution in [2.45, 2.75) is 19.4 Å². The molecule has 3 heterocycles. The zero-order valence-corrected chi connectivity index (χ0v) is 14.6. The van der Waals surface area contributed by atoms with E-state index in [4.69, 9.17) is 9.84 Å². The number of aromatic carboxylic acids is 1. The van der Waals surface area contributed by atoms with Gasteiger partial charge in [-0.05, 0) is 25.5 Å². The van der Waals surface area contributed by atoms with Gasteiger partial charge in [0.2, 0.25) is 0 Å². The van der Waals surface area contributed by atoms with Crippen LogP contribution in [0.1, 0.15) is 28.6 Å². The van der Waals surface area contributed by atoms with Crippen LogP contribution in [0.4, 0.5) is 5.69 Å². The number of methoxy groups -OCH3 is 1. The first-order valence-corrected chi connectivity index (χ1v) is 8.41. The maximum Gasteiger partial charge on any atom is 0.358 e. The number of ether oxygens (including phenoxy) is 1. The number of carboxylic acids is 1. The Balaban J connectivity index is 1.67. The van der Waals surface area contributed by atoms with Gasteiger partial charge in [0.1, 0.15) is 11.3 Å². The summed E-state index contributed by atoms with van der Waals surface area (Å²) in [4.78, 5) is 17.9. The van der Waals surface area contributed by atoms with E-state index < -0.39 is 5.97 Å². The summed E-state index contributed by atoms with van der Waals surface area (Å²) in [5, 5.41) is 17.8. The van der Waals surface area contributed by atoms with Gasteiger partial charge in [-0.3, -0.25) is 0 Å². The molecule has 4 rings (SSSR count). The fourth-order valence-electron chi connectivity index (χ4n) is 3.48. The van der Waals surface area contributed by atoms with E-state index in [0.717, 1.165) is 47.5 Å². The van der Waals surface area contributed by atoms with Crippen molar-refractivity contribution in [3.8, 4) is 5.75 Å². The number of nitrogens with zero attached hydrogens (tertiary/aromatic N) is 5. The number of benzene rings is 1. The van der Waals surface area contributed by atoms with Gasteiger partial charge in [0.15, 0.2) is 5.69 Å². The molecule has 0 radical (unpaired) electrons. The van der Waals surface area contributed by atoms with Crippen LogP contribution in [-0.4, -0.2) is 51.3 Å². The number of anilines is 1. The SMILES string of the molecule is COc1cccc2c(N3CCC(n4cc(C(=O)O)nn4)C3)cc(C)nc12. The molecule has 8 nitrogen and oxygen atoms in total. The lowest BCUT2D eigenvalue weighted by atomic mass is 10.1. The fraction of sp³-hybridized carbons (Fsp3) is 0.333. The number of carbonyl (C=O) groups is 1. The molecular formula is C18H19N5O3. The van der Waals surface area contributed by atoms with Gasteiger partial charge in [0, 0.05) is 29.9 Å². The monoisotopic (exact) mass is 353 g/mol. The zero-order chi connectivity index (χ0) is 18.3. The quantitative estimate of drug-likeness (QED) is 0.769. The zero-order valence-electron chi connectivity index (χ0n) is 14.6. The average Bonchev–Trinajstić information content (AvgIpc) is 3.29. The summed E-state index contributed by atoms with van der Waals surface area (Å²) in [5.74, 6) is -0.306. The van der Waals surface area contributed by atoms with Crippen molar-refractivity contribution in [1.29, 1.82) is 0 Å². The number of aromatic nitrogens is 4. The largest absolute Gasteiger partial charge is 0.494 e. The number of carboxylic acid groups (broad SMARTS) is 1. The van der Waals surface area contributed by atoms with Crippen molar-refractivity contribution in [3.05, 3.63) is 41.9 Å². The van der Waals surface area contributed by atoms with Crippen LogP contribution in [0.15, 0.2) is 30.5 Å². The van der Waals surface area contributed by atoms with Gasteiger partial charge < -0.3 is 14.7 Å². The minimum absolute atomic E-state index is 0.0293. The maximum absolute atomic E-state index is 11.0. The van der Waals surface area contributed by atoms with E-state index >= 15 is 0 Å². The Labute approximate surface area is 150 Å². The average molecular weight is 353 g/mol. The Kier molecular flexibility index (Phi) is 3.95. The molecule has 1 fully saturated rings. The van der Waals surface area contributed by atoms with E-state index in [1.54, 1.807) is 11.8 Å². The first-order valence-electron chi connectivity index (χ1n) is 8.41. The molecule has 1 aromatic carbocycles. The van der Waals surface area contributed by atoms with Crippen molar-refractivity contribution in [2.75, 3.05) is 25.1 Å². The lowest BCUT2D eigenvalue weighted by molar-refractivity contribution is 0.0690. The van der Waals surface area contributed by atoms with E-state index in [1.807, 2.05) is 25.1 Å². The van der Waals surface area contributed by atoms with Crippen molar-refractivity contribution >= 4 is 22.6 Å². The summed E-state index contributed by atoms with van der Waals surface area (Å²) in [5.41, 5.74) is 2.85. The summed E-state index contributed by atoms with van der Waals surface area (Å²) < 4.78 is 7.11. The van der Waals surface area contributed by atoms with Gasteiger partial charge >= 0.3 is 5.97 Å². The molecule has 0 saturated carbocycles. The molecule has 1 atom stereocenters. The number of rotatable bonds is 4. The molecule has 1 N–H and O–H groups in total. The summed E-state index contributed by atoms with van der Waals surface area (Å²) in [6.07, 6.45) is 2.37. The highest BCUT2D eigenvalue weighted by molar-refractivity contribution is 5.95. The third-order valence-corrected chi connectivity index (χ3v) is 4.74. The summed E-state index contributed by atoms with van der Waals surface area (Å²) in [6, 6.07) is 8.09. The molecule has 26 heavy (non-hydrogen) atoms. The molecule has 1 aliphatic heterocycles. The smallest absolute Gasteiger partial charge is 0.358 e. The number of para-hydroxylation sites is 1. The van der Waals surface area contributed by atoms with Gasteiger partial charge in [-0.25, -0.2) is 14.5 Å². The number of aryl methyl sites for hydroxylation is 1. The third kappa shape index (κ3) is 2.73. The van der Waals surface area contributed by atoms with Crippen molar-refractivity contribution in [2.24, 2.45) is 0 Å². The van der Waals surface area contributed by atoms with Crippen LogP contribution in [0, 0.1) is 6.92 Å². The van der Waals surface area contributed by atoms with E-state index in [-0.39, 0.29) is 11.7 Å². The van der Waals surface area contributed by atoms with Gasteiger partial charge in [0.25, 0.3) is 0 Å². The summed E-state index contributed by atoms with van der Waals surface area (Å²) >= 11 is 0.